The molecule has 0 radical (unpaired) electrons. The summed E-state index contributed by atoms with van der Waals surface area (Å²) in [6.07, 6.45) is 8.92. The Morgan fingerprint density at radius 1 is 1.14 bits per heavy atom. The molecule has 0 bridgehead atoms. The van der Waals surface area contributed by atoms with Crippen LogP contribution in [0.25, 0.3) is 0 Å². The summed E-state index contributed by atoms with van der Waals surface area (Å²) in [4.78, 5) is 22.5. The van der Waals surface area contributed by atoms with Crippen molar-refractivity contribution in [1.29, 1.82) is 0 Å². The molecule has 0 atom stereocenters. The van der Waals surface area contributed by atoms with Crippen molar-refractivity contribution in [2.75, 3.05) is 6.54 Å². The summed E-state index contributed by atoms with van der Waals surface area (Å²) in [5.74, 6) is 0.0582. The standard InChI is InChI=1S/C18H25NO3/c20-17(7-3-6-14-4-1-2-5-14)19-13-12-15-8-10-16(11-9-15)18(21)22/h8-11,14H,1-7,12-13H2,(H,19,20)(H,21,22). The number of carboxylic acids is 1. The molecule has 2 N–H and O–H groups in total. The number of hydrogen-bond acceptors (Lipinski definition) is 2. The van der Waals surface area contributed by atoms with E-state index in [0.29, 0.717) is 18.5 Å². The molecule has 0 aromatic heterocycles. The number of amides is 1. The van der Waals surface area contributed by atoms with E-state index in [9.17, 15) is 9.59 Å². The summed E-state index contributed by atoms with van der Waals surface area (Å²) >= 11 is 0. The van der Waals surface area contributed by atoms with Crippen LogP contribution in [0.15, 0.2) is 24.3 Å². The van der Waals surface area contributed by atoms with Crippen LogP contribution in [0.1, 0.15) is 60.9 Å². The van der Waals surface area contributed by atoms with Crippen molar-refractivity contribution in [1.82, 2.24) is 5.32 Å². The zero-order chi connectivity index (χ0) is 15.8. The van der Waals surface area contributed by atoms with E-state index < -0.39 is 5.97 Å². The molecule has 4 nitrogen and oxygen atoms in total. The van der Waals surface area contributed by atoms with Crippen molar-refractivity contribution in [2.24, 2.45) is 5.92 Å². The van der Waals surface area contributed by atoms with Gasteiger partial charge in [-0.1, -0.05) is 37.8 Å². The molecule has 1 aromatic carbocycles. The van der Waals surface area contributed by atoms with Gasteiger partial charge in [0.25, 0.3) is 0 Å². The zero-order valence-corrected chi connectivity index (χ0v) is 13.0. The van der Waals surface area contributed by atoms with Crippen LogP contribution in [0.5, 0.6) is 0 Å². The minimum Gasteiger partial charge on any atom is -0.478 e. The van der Waals surface area contributed by atoms with Gasteiger partial charge in [0.2, 0.25) is 5.91 Å². The molecule has 22 heavy (non-hydrogen) atoms. The number of nitrogens with one attached hydrogen (secondary N) is 1. The van der Waals surface area contributed by atoms with Crippen molar-refractivity contribution in [2.45, 2.75) is 51.4 Å². The summed E-state index contributed by atoms with van der Waals surface area (Å²) < 4.78 is 0. The van der Waals surface area contributed by atoms with Gasteiger partial charge in [-0.15, -0.1) is 0 Å². The summed E-state index contributed by atoms with van der Waals surface area (Å²) in [5.41, 5.74) is 1.33. The molecular formula is C18H25NO3. The quantitative estimate of drug-likeness (QED) is 0.773. The van der Waals surface area contributed by atoms with E-state index in [1.807, 2.05) is 0 Å². The fourth-order valence-electron chi connectivity index (χ4n) is 3.10. The van der Waals surface area contributed by atoms with Gasteiger partial charge in [-0.2, -0.15) is 0 Å². The molecule has 1 fully saturated rings. The lowest BCUT2D eigenvalue weighted by Gasteiger charge is -2.09. The van der Waals surface area contributed by atoms with Gasteiger partial charge in [0.05, 0.1) is 5.56 Å². The molecule has 4 heteroatoms. The lowest BCUT2D eigenvalue weighted by molar-refractivity contribution is -0.121. The maximum Gasteiger partial charge on any atom is 0.335 e. The number of carbonyl (C=O) groups excluding carboxylic acids is 1. The van der Waals surface area contributed by atoms with Crippen LogP contribution in [0, 0.1) is 5.92 Å². The first-order chi connectivity index (χ1) is 10.6. The molecule has 1 aromatic rings. The maximum absolute atomic E-state index is 11.8. The third kappa shape index (κ3) is 5.51. The van der Waals surface area contributed by atoms with Gasteiger partial charge in [0.15, 0.2) is 0 Å². The van der Waals surface area contributed by atoms with Gasteiger partial charge >= 0.3 is 5.97 Å². The molecule has 1 amide bonds. The second kappa shape index (κ2) is 8.57. The predicted molar refractivity (Wildman–Crippen MR) is 85.9 cm³/mol. The van der Waals surface area contributed by atoms with E-state index in [4.69, 9.17) is 5.11 Å². The van der Waals surface area contributed by atoms with Crippen LogP contribution >= 0.6 is 0 Å². The van der Waals surface area contributed by atoms with Crippen LogP contribution in [0.2, 0.25) is 0 Å². The normalized spacial score (nSPS) is 14.9. The third-order valence-electron chi connectivity index (χ3n) is 4.43. The van der Waals surface area contributed by atoms with Crippen LogP contribution in [0.3, 0.4) is 0 Å². The van der Waals surface area contributed by atoms with Crippen molar-refractivity contribution in [3.63, 3.8) is 0 Å². The maximum atomic E-state index is 11.8. The molecule has 1 aliphatic rings. The fraction of sp³-hybridized carbons (Fsp3) is 0.556. The predicted octanol–water partition coefficient (Wildman–Crippen LogP) is 3.40. The molecule has 0 aliphatic heterocycles. The average molecular weight is 303 g/mol. The highest BCUT2D eigenvalue weighted by atomic mass is 16.4. The highest BCUT2D eigenvalue weighted by molar-refractivity contribution is 5.87. The van der Waals surface area contributed by atoms with E-state index in [0.717, 1.165) is 24.3 Å². The minimum absolute atomic E-state index is 0.125. The van der Waals surface area contributed by atoms with Crippen molar-refractivity contribution in [3.8, 4) is 0 Å². The van der Waals surface area contributed by atoms with Crippen molar-refractivity contribution in [3.05, 3.63) is 35.4 Å². The van der Waals surface area contributed by atoms with Gasteiger partial charge < -0.3 is 10.4 Å². The molecule has 1 aliphatic carbocycles. The minimum atomic E-state index is -0.915. The zero-order valence-electron chi connectivity index (χ0n) is 13.0. The van der Waals surface area contributed by atoms with Gasteiger partial charge in [0.1, 0.15) is 0 Å². The molecule has 2 rings (SSSR count). The molecule has 0 unspecified atom stereocenters. The van der Waals surface area contributed by atoms with Crippen LogP contribution in [-0.2, 0) is 11.2 Å². The van der Waals surface area contributed by atoms with E-state index in [1.54, 1.807) is 24.3 Å². The SMILES string of the molecule is O=C(CCCC1CCCC1)NCCc1ccc(C(=O)O)cc1. The summed E-state index contributed by atoms with van der Waals surface area (Å²) in [6.45, 7) is 0.606. The Bertz CT molecular complexity index is 490. The Morgan fingerprint density at radius 2 is 1.82 bits per heavy atom. The lowest BCUT2D eigenvalue weighted by Crippen LogP contribution is -2.25. The van der Waals surface area contributed by atoms with Gasteiger partial charge in [-0.05, 0) is 42.9 Å². The van der Waals surface area contributed by atoms with E-state index >= 15 is 0 Å². The number of hydrogen-bond donors (Lipinski definition) is 2. The average Bonchev–Trinajstić information content (AvgIpc) is 3.01. The topological polar surface area (TPSA) is 66.4 Å². The summed E-state index contributed by atoms with van der Waals surface area (Å²) in [5, 5.41) is 11.8. The van der Waals surface area contributed by atoms with Gasteiger partial charge in [0, 0.05) is 13.0 Å². The molecule has 120 valence electrons. The fourth-order valence-corrected chi connectivity index (χ4v) is 3.10. The number of carbonyl (C=O) groups is 2. The largest absolute Gasteiger partial charge is 0.478 e. The third-order valence-corrected chi connectivity index (χ3v) is 4.43. The first-order valence-corrected chi connectivity index (χ1v) is 8.24. The van der Waals surface area contributed by atoms with E-state index in [1.165, 1.54) is 32.1 Å². The number of carboxylic acid groups (broad SMARTS) is 1. The lowest BCUT2D eigenvalue weighted by atomic mass is 10.0. The molecule has 0 saturated heterocycles. The number of rotatable bonds is 8. The molecule has 0 spiro atoms. The summed E-state index contributed by atoms with van der Waals surface area (Å²) in [7, 11) is 0. The van der Waals surface area contributed by atoms with E-state index in [-0.39, 0.29) is 5.91 Å². The Labute approximate surface area is 131 Å². The Hall–Kier alpha value is -1.84. The Kier molecular flexibility index (Phi) is 6.44. The number of aromatic carboxylic acids is 1. The molecule has 1 saturated carbocycles. The first-order valence-electron chi connectivity index (χ1n) is 8.24. The second-order valence-electron chi connectivity index (χ2n) is 6.14. The molecule has 0 heterocycles. The smallest absolute Gasteiger partial charge is 0.335 e. The highest BCUT2D eigenvalue weighted by Gasteiger charge is 2.14. The van der Waals surface area contributed by atoms with E-state index in [2.05, 4.69) is 5.32 Å². The van der Waals surface area contributed by atoms with Crippen LogP contribution in [-0.4, -0.2) is 23.5 Å². The van der Waals surface area contributed by atoms with Crippen LogP contribution in [0.4, 0.5) is 0 Å². The first kappa shape index (κ1) is 16.5. The van der Waals surface area contributed by atoms with Crippen molar-refractivity contribution < 1.29 is 14.7 Å². The van der Waals surface area contributed by atoms with Gasteiger partial charge in [-0.25, -0.2) is 4.79 Å². The number of benzene rings is 1. The summed E-state index contributed by atoms with van der Waals surface area (Å²) in [6, 6.07) is 6.80. The Balaban J connectivity index is 1.58. The molecular weight excluding hydrogens is 278 g/mol. The van der Waals surface area contributed by atoms with Crippen molar-refractivity contribution >= 4 is 11.9 Å². The monoisotopic (exact) mass is 303 g/mol. The second-order valence-corrected chi connectivity index (χ2v) is 6.14. The Morgan fingerprint density at radius 3 is 2.45 bits per heavy atom. The van der Waals surface area contributed by atoms with Gasteiger partial charge in [-0.3, -0.25) is 4.79 Å². The highest BCUT2D eigenvalue weighted by Crippen LogP contribution is 2.28. The van der Waals surface area contributed by atoms with Crippen LogP contribution < -0.4 is 5.32 Å².